The van der Waals surface area contributed by atoms with Crippen LogP contribution in [0.15, 0.2) is 42.7 Å². The van der Waals surface area contributed by atoms with E-state index in [4.69, 9.17) is 14.6 Å². The highest BCUT2D eigenvalue weighted by Gasteiger charge is 2.45. The van der Waals surface area contributed by atoms with Crippen LogP contribution in [0.2, 0.25) is 0 Å². The predicted molar refractivity (Wildman–Crippen MR) is 103 cm³/mol. The van der Waals surface area contributed by atoms with Crippen molar-refractivity contribution in [3.63, 3.8) is 0 Å². The molecule has 0 amide bonds. The van der Waals surface area contributed by atoms with Crippen LogP contribution in [-0.4, -0.2) is 63.5 Å². The number of benzene rings is 1. The summed E-state index contributed by atoms with van der Waals surface area (Å²) in [6.45, 7) is 3.44. The van der Waals surface area contributed by atoms with E-state index >= 15 is 0 Å². The van der Waals surface area contributed by atoms with Gasteiger partial charge in [0.1, 0.15) is 5.82 Å². The first-order valence-electron chi connectivity index (χ1n) is 9.60. The quantitative estimate of drug-likeness (QED) is 0.704. The molecular weight excluding hydrogens is 420 g/mol. The van der Waals surface area contributed by atoms with Crippen LogP contribution in [0.1, 0.15) is 18.4 Å². The Morgan fingerprint density at radius 3 is 2.52 bits per heavy atom. The first-order chi connectivity index (χ1) is 14.7. The van der Waals surface area contributed by atoms with Gasteiger partial charge in [0.05, 0.1) is 18.2 Å². The van der Waals surface area contributed by atoms with Gasteiger partial charge in [-0.05, 0) is 30.2 Å². The van der Waals surface area contributed by atoms with Crippen LogP contribution in [0.5, 0.6) is 0 Å². The van der Waals surface area contributed by atoms with Crippen molar-refractivity contribution in [3.8, 4) is 0 Å². The summed E-state index contributed by atoms with van der Waals surface area (Å²) in [6.07, 6.45) is 0.384. The van der Waals surface area contributed by atoms with Crippen molar-refractivity contribution in [2.24, 2.45) is 0 Å². The normalized spacial score (nSPS) is 23.4. The minimum atomic E-state index is -5.08. The standard InChI is InChI=1S/C18H21FN4O.C2HF3O2/c19-15-4-2-14(3-5-15)11-23-9-6-18(13-23)10-16(12-24-18)22-17-20-7-1-8-21-17;3-2(4,5)1(6)7/h1-5,7-8,16H,6,9-13H2,(H,20,21,22);(H,6,7). The number of nitrogens with zero attached hydrogens (tertiary/aromatic N) is 3. The fourth-order valence-electron chi connectivity index (χ4n) is 3.69. The Morgan fingerprint density at radius 2 is 1.90 bits per heavy atom. The molecule has 0 bridgehead atoms. The highest BCUT2D eigenvalue weighted by atomic mass is 19.4. The van der Waals surface area contributed by atoms with Gasteiger partial charge in [0.25, 0.3) is 0 Å². The summed E-state index contributed by atoms with van der Waals surface area (Å²) in [5.41, 5.74) is 1.06. The van der Waals surface area contributed by atoms with Crippen molar-refractivity contribution in [3.05, 3.63) is 54.1 Å². The number of aromatic nitrogens is 2. The van der Waals surface area contributed by atoms with E-state index in [1.807, 2.05) is 18.2 Å². The molecule has 2 aromatic rings. The average molecular weight is 442 g/mol. The second-order valence-corrected chi connectivity index (χ2v) is 7.50. The van der Waals surface area contributed by atoms with Crippen molar-refractivity contribution in [2.45, 2.75) is 37.2 Å². The Labute approximate surface area is 176 Å². The number of aliphatic carboxylic acids is 1. The number of carboxylic acid groups (broad SMARTS) is 1. The summed E-state index contributed by atoms with van der Waals surface area (Å²) in [5, 5.41) is 10.5. The van der Waals surface area contributed by atoms with Gasteiger partial charge in [-0.3, -0.25) is 4.90 Å². The van der Waals surface area contributed by atoms with Crippen LogP contribution in [-0.2, 0) is 16.1 Å². The summed E-state index contributed by atoms with van der Waals surface area (Å²) in [6, 6.07) is 8.81. The molecule has 7 nitrogen and oxygen atoms in total. The zero-order valence-corrected chi connectivity index (χ0v) is 16.5. The molecule has 4 rings (SSSR count). The van der Waals surface area contributed by atoms with Crippen molar-refractivity contribution in [2.75, 3.05) is 25.0 Å². The maximum atomic E-state index is 13.0. The highest BCUT2D eigenvalue weighted by Crippen LogP contribution is 2.36. The van der Waals surface area contributed by atoms with Crippen LogP contribution in [0.25, 0.3) is 0 Å². The van der Waals surface area contributed by atoms with E-state index in [9.17, 15) is 17.6 Å². The lowest BCUT2D eigenvalue weighted by Crippen LogP contribution is -2.33. The molecule has 2 unspecified atom stereocenters. The lowest BCUT2D eigenvalue weighted by atomic mass is 9.97. The van der Waals surface area contributed by atoms with Crippen LogP contribution >= 0.6 is 0 Å². The molecule has 2 saturated heterocycles. The molecule has 168 valence electrons. The lowest BCUT2D eigenvalue weighted by Gasteiger charge is -2.23. The van der Waals surface area contributed by atoms with Gasteiger partial charge in [-0.2, -0.15) is 13.2 Å². The molecule has 2 aliphatic heterocycles. The molecule has 1 aromatic heterocycles. The van der Waals surface area contributed by atoms with E-state index in [-0.39, 0.29) is 17.5 Å². The van der Waals surface area contributed by atoms with Crippen molar-refractivity contribution in [1.29, 1.82) is 0 Å². The van der Waals surface area contributed by atoms with Gasteiger partial charge in [0.15, 0.2) is 0 Å². The monoisotopic (exact) mass is 442 g/mol. The molecule has 1 aromatic carbocycles. The van der Waals surface area contributed by atoms with E-state index in [1.54, 1.807) is 12.4 Å². The molecule has 3 heterocycles. The van der Waals surface area contributed by atoms with Crippen molar-refractivity contribution < 1.29 is 32.2 Å². The van der Waals surface area contributed by atoms with E-state index < -0.39 is 12.1 Å². The van der Waals surface area contributed by atoms with Gasteiger partial charge >= 0.3 is 12.1 Å². The van der Waals surface area contributed by atoms with Gasteiger partial charge in [-0.15, -0.1) is 0 Å². The zero-order valence-electron chi connectivity index (χ0n) is 16.5. The minimum absolute atomic E-state index is 0.0769. The first-order valence-corrected chi connectivity index (χ1v) is 9.60. The highest BCUT2D eigenvalue weighted by molar-refractivity contribution is 5.73. The SMILES string of the molecule is Fc1ccc(CN2CCC3(CC(Nc4ncccn4)CO3)C2)cc1.O=C(O)C(F)(F)F. The van der Waals surface area contributed by atoms with Gasteiger partial charge in [0, 0.05) is 38.4 Å². The Morgan fingerprint density at radius 1 is 1.26 bits per heavy atom. The third-order valence-corrected chi connectivity index (χ3v) is 5.07. The first kappa shape index (κ1) is 22.9. The van der Waals surface area contributed by atoms with Gasteiger partial charge < -0.3 is 15.2 Å². The molecule has 2 N–H and O–H groups in total. The lowest BCUT2D eigenvalue weighted by molar-refractivity contribution is -0.192. The van der Waals surface area contributed by atoms with Gasteiger partial charge in [0.2, 0.25) is 5.95 Å². The smallest absolute Gasteiger partial charge is 0.475 e. The third kappa shape index (κ3) is 6.59. The Kier molecular flexibility index (Phi) is 7.06. The number of carbonyl (C=O) groups is 1. The fourth-order valence-corrected chi connectivity index (χ4v) is 3.69. The molecule has 0 aliphatic carbocycles. The molecule has 0 radical (unpaired) electrons. The zero-order chi connectivity index (χ0) is 22.5. The van der Waals surface area contributed by atoms with Crippen LogP contribution in [0.4, 0.5) is 23.5 Å². The number of carboxylic acids is 1. The number of likely N-dealkylation sites (tertiary alicyclic amines) is 1. The predicted octanol–water partition coefficient (Wildman–Crippen LogP) is 3.09. The maximum Gasteiger partial charge on any atom is 0.490 e. The number of anilines is 1. The summed E-state index contributed by atoms with van der Waals surface area (Å²) < 4.78 is 50.9. The van der Waals surface area contributed by atoms with E-state index in [0.717, 1.165) is 38.0 Å². The number of hydrogen-bond acceptors (Lipinski definition) is 6. The number of ether oxygens (including phenoxy) is 1. The third-order valence-electron chi connectivity index (χ3n) is 5.07. The average Bonchev–Trinajstić information content (AvgIpc) is 3.30. The molecule has 11 heteroatoms. The van der Waals surface area contributed by atoms with Gasteiger partial charge in [-0.1, -0.05) is 12.1 Å². The summed E-state index contributed by atoms with van der Waals surface area (Å²) in [4.78, 5) is 19.7. The molecule has 2 fully saturated rings. The van der Waals surface area contributed by atoms with E-state index in [0.29, 0.717) is 12.6 Å². The molecular formula is C20H22F4N4O3. The second-order valence-electron chi connectivity index (χ2n) is 7.50. The molecule has 1 spiro atoms. The van der Waals surface area contributed by atoms with E-state index in [2.05, 4.69) is 20.2 Å². The summed E-state index contributed by atoms with van der Waals surface area (Å²) in [7, 11) is 0. The number of alkyl halides is 3. The number of halogens is 4. The van der Waals surface area contributed by atoms with Crippen LogP contribution in [0, 0.1) is 5.82 Å². The van der Waals surface area contributed by atoms with Crippen molar-refractivity contribution in [1.82, 2.24) is 14.9 Å². The Balaban J connectivity index is 0.000000339. The maximum absolute atomic E-state index is 13.0. The number of nitrogens with one attached hydrogen (secondary N) is 1. The number of rotatable bonds is 4. The fraction of sp³-hybridized carbons (Fsp3) is 0.450. The Hall–Kier alpha value is -2.79. The van der Waals surface area contributed by atoms with Crippen molar-refractivity contribution >= 4 is 11.9 Å². The second kappa shape index (κ2) is 9.56. The molecule has 2 aliphatic rings. The Bertz CT molecular complexity index is 867. The van der Waals surface area contributed by atoms with E-state index in [1.165, 1.54) is 12.1 Å². The van der Waals surface area contributed by atoms with Crippen LogP contribution in [0.3, 0.4) is 0 Å². The topological polar surface area (TPSA) is 87.6 Å². The number of hydrogen-bond donors (Lipinski definition) is 2. The summed E-state index contributed by atoms with van der Waals surface area (Å²) >= 11 is 0. The van der Waals surface area contributed by atoms with Crippen LogP contribution < -0.4 is 5.32 Å². The molecule has 31 heavy (non-hydrogen) atoms. The van der Waals surface area contributed by atoms with Gasteiger partial charge in [-0.25, -0.2) is 19.2 Å². The minimum Gasteiger partial charge on any atom is -0.475 e. The molecule has 2 atom stereocenters. The largest absolute Gasteiger partial charge is 0.490 e. The summed E-state index contributed by atoms with van der Waals surface area (Å²) in [5.74, 6) is -2.29. The molecule has 0 saturated carbocycles.